The van der Waals surface area contributed by atoms with Gasteiger partial charge in [0.25, 0.3) is 5.91 Å². The lowest BCUT2D eigenvalue weighted by molar-refractivity contribution is -0.183. The molecule has 1 heterocycles. The maximum Gasteiger partial charge on any atom is 0.405 e. The summed E-state index contributed by atoms with van der Waals surface area (Å²) in [5.74, 6) is -0.842. The van der Waals surface area contributed by atoms with Crippen LogP contribution < -0.4 is 10.6 Å². The Hall–Kier alpha value is -1.65. The first-order valence-corrected chi connectivity index (χ1v) is 9.58. The van der Waals surface area contributed by atoms with E-state index in [-0.39, 0.29) is 23.5 Å². The monoisotopic (exact) mass is 379 g/mol. The van der Waals surface area contributed by atoms with Gasteiger partial charge in [-0.1, -0.05) is 12.1 Å². The van der Waals surface area contributed by atoms with Crippen LogP contribution in [0.1, 0.15) is 10.4 Å². The first-order chi connectivity index (χ1) is 11.6. The molecule has 10 heteroatoms. The highest BCUT2D eigenvalue weighted by Crippen LogP contribution is 2.25. The van der Waals surface area contributed by atoms with Crippen LogP contribution >= 0.6 is 0 Å². The van der Waals surface area contributed by atoms with Crippen molar-refractivity contribution in [2.75, 3.05) is 39.0 Å². The van der Waals surface area contributed by atoms with Crippen LogP contribution in [0.3, 0.4) is 0 Å². The number of piperazine rings is 1. The number of nitrogens with one attached hydrogen (secondary N) is 2. The zero-order chi connectivity index (χ0) is 18.7. The van der Waals surface area contributed by atoms with Crippen molar-refractivity contribution >= 4 is 15.7 Å². The molecule has 0 radical (unpaired) electrons. The molecule has 1 unspecified atom stereocenters. The number of rotatable bonds is 5. The molecule has 1 amide bonds. The number of alkyl halides is 3. The van der Waals surface area contributed by atoms with Crippen molar-refractivity contribution in [3.63, 3.8) is 0 Å². The Morgan fingerprint density at radius 2 is 1.88 bits per heavy atom. The summed E-state index contributed by atoms with van der Waals surface area (Å²) in [5, 5.41) is 5.20. The number of halogens is 3. The number of hydrogen-bond donors (Lipinski definition) is 2. The normalized spacial score (nSPS) is 17.9. The first-order valence-electron chi connectivity index (χ1n) is 7.69. The number of carbonyl (C=O) groups is 1. The van der Waals surface area contributed by atoms with E-state index in [1.54, 1.807) is 0 Å². The van der Waals surface area contributed by atoms with Crippen molar-refractivity contribution in [3.05, 3.63) is 29.8 Å². The third kappa shape index (κ3) is 5.16. The fourth-order valence-electron chi connectivity index (χ4n) is 2.71. The Labute approximate surface area is 144 Å². The summed E-state index contributed by atoms with van der Waals surface area (Å²) < 4.78 is 63.4. The second-order valence-corrected chi connectivity index (χ2v) is 7.81. The number of carbonyl (C=O) groups excluding carboxylic acids is 1. The summed E-state index contributed by atoms with van der Waals surface area (Å²) in [7, 11) is -3.67. The zero-order valence-electron chi connectivity index (χ0n) is 13.6. The molecule has 140 valence electrons. The third-order valence-corrected chi connectivity index (χ3v) is 5.11. The van der Waals surface area contributed by atoms with E-state index >= 15 is 0 Å². The van der Waals surface area contributed by atoms with Gasteiger partial charge < -0.3 is 10.6 Å². The minimum absolute atomic E-state index is 0.161. The van der Waals surface area contributed by atoms with Crippen LogP contribution in [0.5, 0.6) is 0 Å². The van der Waals surface area contributed by atoms with E-state index < -0.39 is 34.5 Å². The van der Waals surface area contributed by atoms with Gasteiger partial charge in [-0.25, -0.2) is 8.42 Å². The number of benzene rings is 1. The predicted molar refractivity (Wildman–Crippen MR) is 86.2 cm³/mol. The predicted octanol–water partition coefficient (Wildman–Crippen LogP) is 0.656. The van der Waals surface area contributed by atoms with Gasteiger partial charge in [0, 0.05) is 39.0 Å². The van der Waals surface area contributed by atoms with Crippen LogP contribution in [0.25, 0.3) is 0 Å². The van der Waals surface area contributed by atoms with Gasteiger partial charge in [-0.3, -0.25) is 9.69 Å². The molecule has 0 aromatic heterocycles. The minimum atomic E-state index is -4.50. The van der Waals surface area contributed by atoms with Gasteiger partial charge in [-0.05, 0) is 12.1 Å². The van der Waals surface area contributed by atoms with E-state index in [9.17, 15) is 26.4 Å². The zero-order valence-corrected chi connectivity index (χ0v) is 14.5. The van der Waals surface area contributed by atoms with E-state index in [0.29, 0.717) is 13.1 Å². The standard InChI is InChI=1S/C15H20F3N3O3S/c1-25(23,24)12-5-3-2-4-11(12)14(22)20-10-13(15(16,17)18)21-8-6-19-7-9-21/h2-5,13,19H,6-10H2,1H3,(H,20,22). The molecule has 0 saturated carbocycles. The highest BCUT2D eigenvalue weighted by Gasteiger charge is 2.43. The molecule has 1 aromatic carbocycles. The molecule has 25 heavy (non-hydrogen) atoms. The number of sulfone groups is 1. The number of nitrogens with zero attached hydrogens (tertiary/aromatic N) is 1. The smallest absolute Gasteiger partial charge is 0.350 e. The van der Waals surface area contributed by atoms with Crippen molar-refractivity contribution in [2.24, 2.45) is 0 Å². The van der Waals surface area contributed by atoms with E-state index in [1.165, 1.54) is 29.2 Å². The lowest BCUT2D eigenvalue weighted by Crippen LogP contribution is -2.57. The molecular weight excluding hydrogens is 359 g/mol. The highest BCUT2D eigenvalue weighted by atomic mass is 32.2. The Morgan fingerprint density at radius 1 is 1.28 bits per heavy atom. The third-order valence-electron chi connectivity index (χ3n) is 3.96. The molecule has 1 fully saturated rings. The Bertz CT molecular complexity index is 716. The number of amides is 1. The van der Waals surface area contributed by atoms with Gasteiger partial charge in [0.15, 0.2) is 9.84 Å². The van der Waals surface area contributed by atoms with Crippen LogP contribution in [-0.2, 0) is 9.84 Å². The second-order valence-electron chi connectivity index (χ2n) is 5.82. The van der Waals surface area contributed by atoms with Crippen LogP contribution in [-0.4, -0.2) is 70.4 Å². The summed E-state index contributed by atoms with van der Waals surface area (Å²) in [6.07, 6.45) is -3.56. The summed E-state index contributed by atoms with van der Waals surface area (Å²) in [5.41, 5.74) is -0.161. The van der Waals surface area contributed by atoms with Crippen LogP contribution in [0.15, 0.2) is 29.2 Å². The molecule has 0 spiro atoms. The Kier molecular flexibility index (Phi) is 6.07. The average molecular weight is 379 g/mol. The van der Waals surface area contributed by atoms with Gasteiger partial charge in [0.2, 0.25) is 0 Å². The van der Waals surface area contributed by atoms with Gasteiger partial charge in [0.1, 0.15) is 6.04 Å². The minimum Gasteiger partial charge on any atom is -0.350 e. The second kappa shape index (κ2) is 7.71. The van der Waals surface area contributed by atoms with Crippen molar-refractivity contribution in [2.45, 2.75) is 17.1 Å². The lowest BCUT2D eigenvalue weighted by atomic mass is 10.1. The molecule has 0 bridgehead atoms. The van der Waals surface area contributed by atoms with Crippen LogP contribution in [0, 0.1) is 0 Å². The van der Waals surface area contributed by atoms with Crippen molar-refractivity contribution in [3.8, 4) is 0 Å². The van der Waals surface area contributed by atoms with Crippen molar-refractivity contribution in [1.82, 2.24) is 15.5 Å². The molecule has 1 aliphatic rings. The Balaban J connectivity index is 2.14. The largest absolute Gasteiger partial charge is 0.405 e. The Morgan fingerprint density at radius 3 is 2.44 bits per heavy atom. The maximum absolute atomic E-state index is 13.3. The molecule has 1 aliphatic heterocycles. The summed E-state index contributed by atoms with van der Waals surface area (Å²) >= 11 is 0. The van der Waals surface area contributed by atoms with Gasteiger partial charge in [-0.2, -0.15) is 13.2 Å². The quantitative estimate of drug-likeness (QED) is 0.786. The van der Waals surface area contributed by atoms with Crippen molar-refractivity contribution in [1.29, 1.82) is 0 Å². The molecule has 1 atom stereocenters. The molecule has 0 aliphatic carbocycles. The topological polar surface area (TPSA) is 78.5 Å². The summed E-state index contributed by atoms with van der Waals surface area (Å²) in [6, 6.07) is 3.62. The molecule has 1 saturated heterocycles. The van der Waals surface area contributed by atoms with Gasteiger partial charge in [-0.15, -0.1) is 0 Å². The first kappa shape index (κ1) is 19.7. The van der Waals surface area contributed by atoms with Crippen LogP contribution in [0.2, 0.25) is 0 Å². The van der Waals surface area contributed by atoms with Crippen LogP contribution in [0.4, 0.5) is 13.2 Å². The molecule has 2 rings (SSSR count). The fourth-order valence-corrected chi connectivity index (χ4v) is 3.59. The van der Waals surface area contributed by atoms with E-state index in [0.717, 1.165) is 6.26 Å². The summed E-state index contributed by atoms with van der Waals surface area (Å²) in [4.78, 5) is 13.3. The van der Waals surface area contributed by atoms with Gasteiger partial charge in [0.05, 0.1) is 10.5 Å². The van der Waals surface area contributed by atoms with E-state index in [4.69, 9.17) is 0 Å². The maximum atomic E-state index is 13.3. The molecular formula is C15H20F3N3O3S. The fraction of sp³-hybridized carbons (Fsp3) is 0.533. The highest BCUT2D eigenvalue weighted by molar-refractivity contribution is 7.90. The number of hydrogen-bond acceptors (Lipinski definition) is 5. The molecule has 2 N–H and O–H groups in total. The van der Waals surface area contributed by atoms with E-state index in [1.807, 2.05) is 0 Å². The van der Waals surface area contributed by atoms with Crippen molar-refractivity contribution < 1.29 is 26.4 Å². The molecule has 1 aromatic rings. The average Bonchev–Trinajstić information content (AvgIpc) is 2.54. The molecule has 6 nitrogen and oxygen atoms in total. The lowest BCUT2D eigenvalue weighted by Gasteiger charge is -2.35. The van der Waals surface area contributed by atoms with Gasteiger partial charge >= 0.3 is 6.18 Å². The van der Waals surface area contributed by atoms with E-state index in [2.05, 4.69) is 10.6 Å². The summed E-state index contributed by atoms with van der Waals surface area (Å²) in [6.45, 7) is 0.690. The SMILES string of the molecule is CS(=O)(=O)c1ccccc1C(=O)NCC(N1CCNCC1)C(F)(F)F.